The zero-order valence-electron chi connectivity index (χ0n) is 11.5. The summed E-state index contributed by atoms with van der Waals surface area (Å²) in [5.41, 5.74) is 0. The van der Waals surface area contributed by atoms with Crippen molar-refractivity contribution in [2.24, 2.45) is 0 Å². The van der Waals surface area contributed by atoms with Gasteiger partial charge in [0.1, 0.15) is 14.1 Å². The first-order valence-corrected chi connectivity index (χ1v) is 8.12. The lowest BCUT2D eigenvalue weighted by Gasteiger charge is -2.04. The highest BCUT2D eigenvalue weighted by Crippen LogP contribution is 2.07. The number of nitrogens with zero attached hydrogens (tertiary/aromatic N) is 1. The molecule has 0 aromatic heterocycles. The first kappa shape index (κ1) is 16.9. The van der Waals surface area contributed by atoms with Gasteiger partial charge < -0.3 is 0 Å². The maximum absolute atomic E-state index is 11.4. The maximum Gasteiger partial charge on any atom is 0.414 e. The van der Waals surface area contributed by atoms with Gasteiger partial charge >= 0.3 is 10.2 Å². The predicted octanol–water partition coefficient (Wildman–Crippen LogP) is 2.36. The fourth-order valence-electron chi connectivity index (χ4n) is 1.59. The molecule has 0 aliphatic rings. The number of unbranched alkanes of at least 4 members (excludes halogenated alkanes) is 7. The third kappa shape index (κ3) is 9.56. The first-order valence-electron chi connectivity index (χ1n) is 6.68. The third-order valence-corrected chi connectivity index (χ3v) is 4.33. The van der Waals surface area contributed by atoms with Crippen molar-refractivity contribution in [1.29, 1.82) is 0 Å². The summed E-state index contributed by atoms with van der Waals surface area (Å²) in [7, 11) is -0.144. The summed E-state index contributed by atoms with van der Waals surface area (Å²) >= 11 is 0. The van der Waals surface area contributed by atoms with Gasteiger partial charge in [-0.3, -0.25) is 0 Å². The lowest BCUT2D eigenvalue weighted by molar-refractivity contribution is 0.537. The van der Waals surface area contributed by atoms with Gasteiger partial charge in [-0.15, -0.1) is 0 Å². The van der Waals surface area contributed by atoms with Gasteiger partial charge in [0.05, 0.1) is 0 Å². The van der Waals surface area contributed by atoms with Crippen LogP contribution in [0.2, 0.25) is 0 Å². The Hall–Kier alpha value is -0.130. The van der Waals surface area contributed by atoms with Gasteiger partial charge in [-0.25, -0.2) is 0 Å². The smallest absolute Gasteiger partial charge is 0.164 e. The van der Waals surface area contributed by atoms with Gasteiger partial charge in [0.2, 0.25) is 0 Å². The van der Waals surface area contributed by atoms with E-state index in [0.717, 1.165) is 12.8 Å². The summed E-state index contributed by atoms with van der Waals surface area (Å²) in [5, 5.41) is 0. The molecule has 0 saturated heterocycles. The quantitative estimate of drug-likeness (QED) is 0.460. The largest absolute Gasteiger partial charge is 0.414 e. The molecule has 0 aromatic rings. The van der Waals surface area contributed by atoms with Crippen LogP contribution >= 0.6 is 0 Å². The van der Waals surface area contributed by atoms with Crippen molar-refractivity contribution >= 4 is 10.2 Å². The van der Waals surface area contributed by atoms with Crippen LogP contribution in [0.5, 0.6) is 0 Å². The molecule has 5 heteroatoms. The number of hydrogen-bond acceptors (Lipinski definition) is 2. The van der Waals surface area contributed by atoms with Crippen LogP contribution in [-0.2, 0) is 10.2 Å². The van der Waals surface area contributed by atoms with Crippen molar-refractivity contribution in [3.8, 4) is 0 Å². The summed E-state index contributed by atoms with van der Waals surface area (Å²) in [6.45, 7) is 2.77. The van der Waals surface area contributed by atoms with Gasteiger partial charge in [0.25, 0.3) is 0 Å². The van der Waals surface area contributed by atoms with E-state index in [4.69, 9.17) is 0 Å². The predicted molar refractivity (Wildman–Crippen MR) is 73.5 cm³/mol. The molecule has 17 heavy (non-hydrogen) atoms. The van der Waals surface area contributed by atoms with E-state index in [1.807, 2.05) is 0 Å². The Labute approximate surface area is 107 Å². The Kier molecular flexibility index (Phi) is 9.78. The molecule has 4 nitrogen and oxygen atoms in total. The summed E-state index contributed by atoms with van der Waals surface area (Å²) in [4.78, 5) is 0. The highest BCUT2D eigenvalue weighted by molar-refractivity contribution is 7.88. The standard InChI is InChI=1S/C12H28N2O2S/c1-4-5-6-7-8-9-10-11-12-13-17(15,16)14(2)3/h13H,4-12H2,1-3H3/q+1. The van der Waals surface area contributed by atoms with E-state index >= 15 is 0 Å². The van der Waals surface area contributed by atoms with Gasteiger partial charge in [-0.05, 0) is 10.7 Å². The summed E-state index contributed by atoms with van der Waals surface area (Å²) < 4.78 is 26.5. The van der Waals surface area contributed by atoms with Crippen LogP contribution in [0.3, 0.4) is 0 Å². The van der Waals surface area contributed by atoms with Crippen LogP contribution in [-0.4, -0.2) is 29.1 Å². The summed E-state index contributed by atoms with van der Waals surface area (Å²) in [6.07, 6.45) is 9.81. The van der Waals surface area contributed by atoms with Crippen LogP contribution in [0, 0.1) is 0 Å². The van der Waals surface area contributed by atoms with Crippen LogP contribution in [0.15, 0.2) is 0 Å². The fourth-order valence-corrected chi connectivity index (χ4v) is 2.25. The van der Waals surface area contributed by atoms with Crippen molar-refractivity contribution in [1.82, 2.24) is 9.03 Å². The van der Waals surface area contributed by atoms with E-state index in [1.165, 1.54) is 56.9 Å². The van der Waals surface area contributed by atoms with E-state index in [9.17, 15) is 8.42 Å². The minimum absolute atomic E-state index is 0.551. The lowest BCUT2D eigenvalue weighted by atomic mass is 10.1. The molecule has 1 N–H and O–H groups in total. The highest BCUT2D eigenvalue weighted by atomic mass is 32.2. The van der Waals surface area contributed by atoms with Gasteiger partial charge in [-0.2, -0.15) is 13.1 Å². The molecule has 0 heterocycles. The summed E-state index contributed by atoms with van der Waals surface area (Å²) in [5.74, 6) is 0. The molecule has 0 aliphatic carbocycles. The van der Waals surface area contributed by atoms with E-state index in [0.29, 0.717) is 6.54 Å². The highest BCUT2D eigenvalue weighted by Gasteiger charge is 2.20. The molecule has 0 saturated carbocycles. The average Bonchev–Trinajstić information content (AvgIpc) is 2.26. The van der Waals surface area contributed by atoms with Gasteiger partial charge in [0.15, 0.2) is 0 Å². The Morgan fingerprint density at radius 2 is 1.35 bits per heavy atom. The second-order valence-corrected chi connectivity index (χ2v) is 6.63. The fraction of sp³-hybridized carbons (Fsp3) is 1.00. The first-order chi connectivity index (χ1) is 8.00. The van der Waals surface area contributed by atoms with Crippen molar-refractivity contribution in [2.75, 3.05) is 20.6 Å². The SMILES string of the molecule is CCCCCCCCCCNS(=O)(=O)[N+](C)C. The van der Waals surface area contributed by atoms with Crippen LogP contribution in [0.1, 0.15) is 58.3 Å². The topological polar surface area (TPSA) is 52.1 Å². The molecule has 0 rings (SSSR count). The second kappa shape index (κ2) is 9.85. The van der Waals surface area contributed by atoms with E-state index in [2.05, 4.69) is 11.6 Å². The molecule has 0 aromatic carbocycles. The van der Waals surface area contributed by atoms with Gasteiger partial charge in [-0.1, -0.05) is 51.9 Å². The number of hydrogen-bond donors (Lipinski definition) is 1. The second-order valence-electron chi connectivity index (χ2n) is 4.66. The Morgan fingerprint density at radius 1 is 0.882 bits per heavy atom. The minimum atomic E-state index is -3.22. The molecule has 103 valence electrons. The van der Waals surface area contributed by atoms with Crippen LogP contribution < -0.4 is 9.03 Å². The minimum Gasteiger partial charge on any atom is -0.164 e. The zero-order valence-corrected chi connectivity index (χ0v) is 12.4. The van der Waals surface area contributed by atoms with Crippen molar-refractivity contribution < 1.29 is 8.42 Å². The molecule has 0 amide bonds. The normalized spacial score (nSPS) is 12.2. The lowest BCUT2D eigenvalue weighted by Crippen LogP contribution is -2.39. The maximum atomic E-state index is 11.4. The Bertz CT molecular complexity index is 264. The van der Waals surface area contributed by atoms with Crippen LogP contribution in [0.4, 0.5) is 0 Å². The zero-order chi connectivity index (χ0) is 13.1. The number of nitrogens with one attached hydrogen (secondary N) is 1. The third-order valence-electron chi connectivity index (χ3n) is 2.80. The molecular weight excluding hydrogens is 236 g/mol. The average molecular weight is 264 g/mol. The van der Waals surface area contributed by atoms with Crippen LogP contribution in [0.25, 0.3) is 0 Å². The molecule has 0 fully saturated rings. The van der Waals surface area contributed by atoms with Crippen molar-refractivity contribution in [3.63, 3.8) is 0 Å². The molecule has 0 atom stereocenters. The molecule has 0 unspecified atom stereocenters. The Morgan fingerprint density at radius 3 is 1.82 bits per heavy atom. The van der Waals surface area contributed by atoms with Gasteiger partial charge in [0, 0.05) is 6.54 Å². The molecule has 0 aliphatic heterocycles. The number of rotatable bonds is 11. The van der Waals surface area contributed by atoms with Crippen molar-refractivity contribution in [2.45, 2.75) is 58.3 Å². The van der Waals surface area contributed by atoms with Crippen molar-refractivity contribution in [3.05, 3.63) is 0 Å². The van der Waals surface area contributed by atoms with E-state index in [1.54, 1.807) is 0 Å². The molecule has 0 bridgehead atoms. The molecular formula is C12H28N2O2S+. The Balaban J connectivity index is 3.30. The molecule has 0 spiro atoms. The van der Waals surface area contributed by atoms with E-state index in [-0.39, 0.29) is 0 Å². The molecule has 1 radical (unpaired) electrons. The monoisotopic (exact) mass is 264 g/mol. The van der Waals surface area contributed by atoms with E-state index < -0.39 is 10.2 Å². The summed E-state index contributed by atoms with van der Waals surface area (Å²) in [6, 6.07) is 0.